The van der Waals surface area contributed by atoms with Gasteiger partial charge in [-0.1, -0.05) is 6.07 Å². The number of ether oxygens (including phenoxy) is 2. The van der Waals surface area contributed by atoms with Crippen LogP contribution in [0.2, 0.25) is 0 Å². The van der Waals surface area contributed by atoms with Gasteiger partial charge in [-0.05, 0) is 36.5 Å². The van der Waals surface area contributed by atoms with Crippen molar-refractivity contribution in [2.24, 2.45) is 5.92 Å². The molecule has 1 aliphatic heterocycles. The minimum Gasteiger partial charge on any atom is -0.486 e. The van der Waals surface area contributed by atoms with Crippen LogP contribution in [0.4, 0.5) is 0 Å². The van der Waals surface area contributed by atoms with Crippen molar-refractivity contribution in [3.8, 4) is 22.6 Å². The second-order valence-corrected chi connectivity index (χ2v) is 5.25. The zero-order valence-corrected chi connectivity index (χ0v) is 10.7. The smallest absolute Gasteiger partial charge is 0.161 e. The van der Waals surface area contributed by atoms with Gasteiger partial charge in [-0.2, -0.15) is 5.10 Å². The van der Waals surface area contributed by atoms with E-state index in [0.717, 1.165) is 35.1 Å². The van der Waals surface area contributed by atoms with Gasteiger partial charge in [-0.15, -0.1) is 0 Å². The van der Waals surface area contributed by atoms with Crippen molar-refractivity contribution >= 4 is 0 Å². The summed E-state index contributed by atoms with van der Waals surface area (Å²) in [6.45, 7) is 2.30. The molecule has 2 aromatic rings. The van der Waals surface area contributed by atoms with Crippen molar-refractivity contribution in [3.05, 3.63) is 30.6 Å². The predicted octanol–water partition coefficient (Wildman–Crippen LogP) is 2.73. The highest BCUT2D eigenvalue weighted by Gasteiger charge is 2.22. The fraction of sp³-hybridized carbons (Fsp3) is 0.400. The Bertz CT molecular complexity index is 602. The molecule has 19 heavy (non-hydrogen) atoms. The van der Waals surface area contributed by atoms with Crippen LogP contribution in [0.3, 0.4) is 0 Å². The quantitative estimate of drug-likeness (QED) is 0.847. The molecule has 1 aliphatic carbocycles. The van der Waals surface area contributed by atoms with E-state index in [9.17, 15) is 0 Å². The number of benzene rings is 1. The first-order valence-electron chi connectivity index (χ1n) is 6.81. The van der Waals surface area contributed by atoms with Crippen LogP contribution < -0.4 is 9.47 Å². The number of fused-ring (bicyclic) bond motifs is 1. The number of aromatic nitrogens is 2. The molecule has 0 radical (unpaired) electrons. The third-order valence-electron chi connectivity index (χ3n) is 3.65. The molecular formula is C15H16N2O2. The van der Waals surface area contributed by atoms with Gasteiger partial charge in [0.15, 0.2) is 11.5 Å². The molecule has 0 bridgehead atoms. The highest BCUT2D eigenvalue weighted by Crippen LogP contribution is 2.35. The lowest BCUT2D eigenvalue weighted by molar-refractivity contribution is 0.171. The molecule has 0 amide bonds. The van der Waals surface area contributed by atoms with Gasteiger partial charge in [-0.3, -0.25) is 4.68 Å². The maximum atomic E-state index is 5.61. The van der Waals surface area contributed by atoms with E-state index in [1.54, 1.807) is 0 Å². The molecule has 1 aromatic heterocycles. The van der Waals surface area contributed by atoms with Crippen LogP contribution in [-0.4, -0.2) is 23.0 Å². The van der Waals surface area contributed by atoms with E-state index in [0.29, 0.717) is 13.2 Å². The molecule has 1 saturated carbocycles. The zero-order valence-electron chi connectivity index (χ0n) is 10.7. The lowest BCUT2D eigenvalue weighted by Crippen LogP contribution is -2.15. The highest BCUT2D eigenvalue weighted by atomic mass is 16.6. The van der Waals surface area contributed by atoms with E-state index in [2.05, 4.69) is 17.4 Å². The van der Waals surface area contributed by atoms with E-state index in [1.807, 2.05) is 23.0 Å². The lowest BCUT2D eigenvalue weighted by atomic mass is 10.1. The fourth-order valence-electron chi connectivity index (χ4n) is 2.40. The van der Waals surface area contributed by atoms with Gasteiger partial charge in [0.25, 0.3) is 0 Å². The van der Waals surface area contributed by atoms with Crippen molar-refractivity contribution in [1.29, 1.82) is 0 Å². The van der Waals surface area contributed by atoms with Crippen LogP contribution in [0.5, 0.6) is 11.5 Å². The first kappa shape index (κ1) is 10.9. The van der Waals surface area contributed by atoms with Crippen LogP contribution >= 0.6 is 0 Å². The molecule has 0 spiro atoms. The molecule has 4 heteroatoms. The molecule has 98 valence electrons. The van der Waals surface area contributed by atoms with Crippen molar-refractivity contribution in [2.75, 3.05) is 13.2 Å². The van der Waals surface area contributed by atoms with Crippen LogP contribution in [0.1, 0.15) is 12.8 Å². The van der Waals surface area contributed by atoms with Crippen LogP contribution in [0.25, 0.3) is 11.1 Å². The molecule has 0 saturated heterocycles. The van der Waals surface area contributed by atoms with E-state index in [1.165, 1.54) is 12.8 Å². The Kier molecular flexibility index (Phi) is 2.47. The maximum Gasteiger partial charge on any atom is 0.161 e. The molecule has 0 N–H and O–H groups in total. The maximum absolute atomic E-state index is 5.61. The van der Waals surface area contributed by atoms with Crippen molar-refractivity contribution < 1.29 is 9.47 Å². The second-order valence-electron chi connectivity index (χ2n) is 5.25. The van der Waals surface area contributed by atoms with Crippen LogP contribution in [0.15, 0.2) is 30.6 Å². The summed E-state index contributed by atoms with van der Waals surface area (Å²) in [7, 11) is 0. The summed E-state index contributed by atoms with van der Waals surface area (Å²) in [5.41, 5.74) is 2.27. The van der Waals surface area contributed by atoms with Crippen molar-refractivity contribution in [1.82, 2.24) is 9.78 Å². The highest BCUT2D eigenvalue weighted by molar-refractivity contribution is 5.66. The molecule has 4 rings (SSSR count). The Labute approximate surface area is 112 Å². The summed E-state index contributed by atoms with van der Waals surface area (Å²) < 4.78 is 13.2. The first-order valence-corrected chi connectivity index (χ1v) is 6.81. The third-order valence-corrected chi connectivity index (χ3v) is 3.65. The molecule has 1 fully saturated rings. The van der Waals surface area contributed by atoms with Gasteiger partial charge in [0, 0.05) is 18.3 Å². The Morgan fingerprint density at radius 3 is 2.79 bits per heavy atom. The topological polar surface area (TPSA) is 36.3 Å². The Balaban J connectivity index is 1.61. The summed E-state index contributed by atoms with van der Waals surface area (Å²) in [5.74, 6) is 2.51. The Hall–Kier alpha value is -1.97. The number of nitrogens with zero attached hydrogens (tertiary/aromatic N) is 2. The molecular weight excluding hydrogens is 240 g/mol. The van der Waals surface area contributed by atoms with Crippen molar-refractivity contribution in [2.45, 2.75) is 19.4 Å². The minimum atomic E-state index is 0.622. The average Bonchev–Trinajstić information content (AvgIpc) is 3.14. The predicted molar refractivity (Wildman–Crippen MR) is 71.4 cm³/mol. The summed E-state index contributed by atoms with van der Waals surface area (Å²) in [4.78, 5) is 0. The molecule has 0 unspecified atom stereocenters. The van der Waals surface area contributed by atoms with E-state index in [4.69, 9.17) is 9.47 Å². The lowest BCUT2D eigenvalue weighted by Gasteiger charge is -2.18. The number of hydrogen-bond acceptors (Lipinski definition) is 3. The summed E-state index contributed by atoms with van der Waals surface area (Å²) in [5, 5.41) is 4.43. The SMILES string of the molecule is c1cc2c(cc1-c1cnn(CC3CC3)c1)OCCO2. The van der Waals surface area contributed by atoms with Crippen molar-refractivity contribution in [3.63, 3.8) is 0 Å². The van der Waals surface area contributed by atoms with Gasteiger partial charge >= 0.3 is 0 Å². The monoisotopic (exact) mass is 256 g/mol. The van der Waals surface area contributed by atoms with Gasteiger partial charge in [-0.25, -0.2) is 0 Å². The van der Waals surface area contributed by atoms with Gasteiger partial charge in [0.2, 0.25) is 0 Å². The summed E-state index contributed by atoms with van der Waals surface area (Å²) in [6.07, 6.45) is 6.73. The summed E-state index contributed by atoms with van der Waals surface area (Å²) >= 11 is 0. The third kappa shape index (κ3) is 2.18. The van der Waals surface area contributed by atoms with E-state index in [-0.39, 0.29) is 0 Å². The molecule has 2 aliphatic rings. The Morgan fingerprint density at radius 2 is 1.95 bits per heavy atom. The van der Waals surface area contributed by atoms with E-state index < -0.39 is 0 Å². The number of rotatable bonds is 3. The van der Waals surface area contributed by atoms with Gasteiger partial charge in [0.1, 0.15) is 13.2 Å². The first-order chi connectivity index (χ1) is 9.38. The Morgan fingerprint density at radius 1 is 1.11 bits per heavy atom. The van der Waals surface area contributed by atoms with Crippen LogP contribution in [0, 0.1) is 5.92 Å². The van der Waals surface area contributed by atoms with Gasteiger partial charge in [0.05, 0.1) is 6.20 Å². The standard InChI is InChI=1S/C15H16N2O2/c1-2-11(1)9-17-10-13(8-16-17)12-3-4-14-15(7-12)19-6-5-18-14/h3-4,7-8,10-11H,1-2,5-6,9H2. The van der Waals surface area contributed by atoms with Gasteiger partial charge < -0.3 is 9.47 Å². The molecule has 1 aromatic carbocycles. The second kappa shape index (κ2) is 4.30. The van der Waals surface area contributed by atoms with E-state index >= 15 is 0 Å². The molecule has 4 nitrogen and oxygen atoms in total. The molecule has 2 heterocycles. The number of hydrogen-bond donors (Lipinski definition) is 0. The average molecular weight is 256 g/mol. The minimum absolute atomic E-state index is 0.622. The van der Waals surface area contributed by atoms with Crippen LogP contribution in [-0.2, 0) is 6.54 Å². The molecule has 0 atom stereocenters. The normalized spacial score (nSPS) is 17.5. The fourth-order valence-corrected chi connectivity index (χ4v) is 2.40. The zero-order chi connectivity index (χ0) is 12.7. The summed E-state index contributed by atoms with van der Waals surface area (Å²) in [6, 6.07) is 6.07. The largest absolute Gasteiger partial charge is 0.486 e.